The fourth-order valence-corrected chi connectivity index (χ4v) is 2.91. The lowest BCUT2D eigenvalue weighted by molar-refractivity contribution is 0.0596. The molecule has 0 heterocycles. The molecule has 0 aliphatic rings. The van der Waals surface area contributed by atoms with Crippen LogP contribution in [0.4, 0.5) is 15.3 Å². The van der Waals surface area contributed by atoms with Gasteiger partial charge in [-0.15, -0.1) is 0 Å². The highest BCUT2D eigenvalue weighted by atomic mass is 35.5. The number of hydrogen-bond donors (Lipinski definition) is 3. The Morgan fingerprint density at radius 3 is 2.20 bits per heavy atom. The number of anilines is 1. The van der Waals surface area contributed by atoms with Crippen LogP contribution in [0.2, 0.25) is 10.0 Å². The predicted molar refractivity (Wildman–Crippen MR) is 107 cm³/mol. The molecule has 0 aliphatic carbocycles. The van der Waals surface area contributed by atoms with E-state index in [1.54, 1.807) is 0 Å². The van der Waals surface area contributed by atoms with Crippen LogP contribution in [0.5, 0.6) is 5.75 Å². The van der Waals surface area contributed by atoms with Crippen LogP contribution >= 0.6 is 23.2 Å². The fourth-order valence-electron chi connectivity index (χ4n) is 2.34. The van der Waals surface area contributed by atoms with E-state index in [2.05, 4.69) is 4.74 Å². The maximum absolute atomic E-state index is 12.6. The van der Waals surface area contributed by atoms with Crippen molar-refractivity contribution >= 4 is 52.9 Å². The number of amides is 4. The Kier molecular flexibility index (Phi) is 7.45. The number of carbonyl (C=O) groups excluding carboxylic acids is 3. The third kappa shape index (κ3) is 5.10. The van der Waals surface area contributed by atoms with E-state index in [1.807, 2.05) is 10.7 Å². The molecule has 0 aromatic heterocycles. The molecule has 2 rings (SSSR count). The molecule has 0 aliphatic heterocycles. The van der Waals surface area contributed by atoms with Gasteiger partial charge in [0.1, 0.15) is 17.0 Å². The van der Waals surface area contributed by atoms with Gasteiger partial charge in [0.15, 0.2) is 0 Å². The highest BCUT2D eigenvalue weighted by molar-refractivity contribution is 6.40. The van der Waals surface area contributed by atoms with Crippen molar-refractivity contribution in [3.05, 3.63) is 57.6 Å². The molecular formula is C18H15Cl2N3O7. The Labute approximate surface area is 180 Å². The fraction of sp³-hybridized carbons (Fsp3) is 0.111. The van der Waals surface area contributed by atoms with Crippen LogP contribution in [0.3, 0.4) is 0 Å². The first kappa shape index (κ1) is 22.8. The lowest BCUT2D eigenvalue weighted by atomic mass is 10.1. The van der Waals surface area contributed by atoms with Gasteiger partial charge in [-0.3, -0.25) is 10.1 Å². The predicted octanol–water partition coefficient (Wildman–Crippen LogP) is 3.33. The lowest BCUT2D eigenvalue weighted by Gasteiger charge is -2.23. The average Bonchev–Trinajstić information content (AvgIpc) is 2.71. The quantitative estimate of drug-likeness (QED) is 0.475. The highest BCUT2D eigenvalue weighted by Gasteiger charge is 2.26. The zero-order valence-electron chi connectivity index (χ0n) is 15.6. The molecule has 0 unspecified atom stereocenters. The van der Waals surface area contributed by atoms with Crippen molar-refractivity contribution in [2.45, 2.75) is 0 Å². The first-order valence-electron chi connectivity index (χ1n) is 8.05. The molecule has 4 amide bonds. The van der Waals surface area contributed by atoms with Gasteiger partial charge < -0.3 is 14.6 Å². The number of rotatable bonds is 4. The van der Waals surface area contributed by atoms with Crippen LogP contribution in [-0.2, 0) is 4.74 Å². The zero-order chi connectivity index (χ0) is 22.4. The second-order valence-corrected chi connectivity index (χ2v) is 6.30. The summed E-state index contributed by atoms with van der Waals surface area (Å²) in [4.78, 5) is 47.9. The van der Waals surface area contributed by atoms with Gasteiger partial charge in [-0.2, -0.15) is 5.01 Å². The Morgan fingerprint density at radius 1 is 1.03 bits per heavy atom. The van der Waals surface area contributed by atoms with Crippen molar-refractivity contribution in [2.75, 3.05) is 19.2 Å². The lowest BCUT2D eigenvalue weighted by Crippen LogP contribution is -2.52. The van der Waals surface area contributed by atoms with E-state index < -0.39 is 24.0 Å². The second-order valence-electron chi connectivity index (χ2n) is 5.49. The van der Waals surface area contributed by atoms with Crippen LogP contribution in [0.15, 0.2) is 36.4 Å². The normalized spacial score (nSPS) is 10.0. The van der Waals surface area contributed by atoms with Crippen molar-refractivity contribution in [1.82, 2.24) is 10.7 Å². The summed E-state index contributed by atoms with van der Waals surface area (Å²) in [5, 5.41) is 11.4. The Morgan fingerprint density at radius 2 is 1.67 bits per heavy atom. The SMILES string of the molecule is COC(=O)c1ccc(C(=O)NC(=O)N(NC(=O)O)c2c(Cl)cccc2Cl)cc1OC. The number of para-hydroxylation sites is 1. The van der Waals surface area contributed by atoms with Crippen molar-refractivity contribution in [2.24, 2.45) is 0 Å². The summed E-state index contributed by atoms with van der Waals surface area (Å²) in [7, 11) is 2.47. The number of hydrazine groups is 1. The summed E-state index contributed by atoms with van der Waals surface area (Å²) in [5.41, 5.74) is 1.67. The summed E-state index contributed by atoms with van der Waals surface area (Å²) in [6.07, 6.45) is -1.60. The molecule has 0 radical (unpaired) electrons. The average molecular weight is 456 g/mol. The Hall–Kier alpha value is -3.50. The number of imide groups is 1. The standard InChI is InChI=1S/C18H15Cl2N3O7/c1-29-13-8-9(6-7-10(13)16(25)30-2)15(24)21-17(26)23(22-18(27)28)14-11(19)4-3-5-12(14)20/h3-8,22H,1-2H3,(H,27,28)(H,21,24,26). The van der Waals surface area contributed by atoms with Gasteiger partial charge in [-0.05, 0) is 30.3 Å². The van der Waals surface area contributed by atoms with E-state index in [-0.39, 0.29) is 32.6 Å². The molecule has 158 valence electrons. The minimum atomic E-state index is -1.60. The van der Waals surface area contributed by atoms with E-state index in [0.29, 0.717) is 5.01 Å². The number of benzene rings is 2. The van der Waals surface area contributed by atoms with Crippen LogP contribution in [0.1, 0.15) is 20.7 Å². The first-order valence-corrected chi connectivity index (χ1v) is 8.80. The molecule has 0 atom stereocenters. The number of carbonyl (C=O) groups is 4. The molecule has 3 N–H and O–H groups in total. The third-order valence-electron chi connectivity index (χ3n) is 3.66. The van der Waals surface area contributed by atoms with E-state index >= 15 is 0 Å². The molecule has 0 saturated heterocycles. The van der Waals surface area contributed by atoms with Crippen molar-refractivity contribution < 1.29 is 33.8 Å². The van der Waals surface area contributed by atoms with E-state index in [1.165, 1.54) is 50.6 Å². The molecule has 0 spiro atoms. The minimum absolute atomic E-state index is 0.0385. The van der Waals surface area contributed by atoms with Crippen molar-refractivity contribution in [3.63, 3.8) is 0 Å². The topological polar surface area (TPSA) is 134 Å². The van der Waals surface area contributed by atoms with Gasteiger partial charge in [-0.25, -0.2) is 19.8 Å². The number of ether oxygens (including phenoxy) is 2. The smallest absolute Gasteiger partial charge is 0.424 e. The summed E-state index contributed by atoms with van der Waals surface area (Å²) in [6, 6.07) is 6.83. The Bertz CT molecular complexity index is 993. The number of halogens is 2. The first-order chi connectivity index (χ1) is 14.2. The zero-order valence-corrected chi connectivity index (χ0v) is 17.1. The number of carboxylic acid groups (broad SMARTS) is 1. The van der Waals surface area contributed by atoms with Gasteiger partial charge in [0.05, 0.1) is 24.3 Å². The molecule has 0 fully saturated rings. The van der Waals surface area contributed by atoms with Crippen LogP contribution in [-0.4, -0.2) is 43.3 Å². The Balaban J connectivity index is 2.32. The van der Waals surface area contributed by atoms with Crippen molar-refractivity contribution in [1.29, 1.82) is 0 Å². The number of urea groups is 1. The molecule has 0 bridgehead atoms. The number of nitrogens with zero attached hydrogens (tertiary/aromatic N) is 1. The number of nitrogens with one attached hydrogen (secondary N) is 2. The molecule has 0 saturated carbocycles. The van der Waals surface area contributed by atoms with E-state index in [0.717, 1.165) is 0 Å². The highest BCUT2D eigenvalue weighted by Crippen LogP contribution is 2.32. The molecule has 30 heavy (non-hydrogen) atoms. The molecule has 2 aromatic carbocycles. The van der Waals surface area contributed by atoms with Gasteiger partial charge >= 0.3 is 18.1 Å². The van der Waals surface area contributed by atoms with Gasteiger partial charge in [0.25, 0.3) is 5.91 Å². The molecule has 2 aromatic rings. The molecule has 12 heteroatoms. The number of esters is 1. The van der Waals surface area contributed by atoms with Gasteiger partial charge in [0, 0.05) is 5.56 Å². The summed E-state index contributed by atoms with van der Waals surface area (Å²) in [6.45, 7) is 0. The molecular weight excluding hydrogens is 441 g/mol. The summed E-state index contributed by atoms with van der Waals surface area (Å²) >= 11 is 12.0. The summed E-state index contributed by atoms with van der Waals surface area (Å²) < 4.78 is 9.68. The van der Waals surface area contributed by atoms with E-state index in [4.69, 9.17) is 33.0 Å². The number of methoxy groups -OCH3 is 2. The maximum atomic E-state index is 12.6. The van der Waals surface area contributed by atoms with Crippen LogP contribution in [0, 0.1) is 0 Å². The van der Waals surface area contributed by atoms with Gasteiger partial charge in [-0.1, -0.05) is 29.3 Å². The largest absolute Gasteiger partial charge is 0.496 e. The van der Waals surface area contributed by atoms with Gasteiger partial charge in [0.2, 0.25) is 0 Å². The monoisotopic (exact) mass is 455 g/mol. The van der Waals surface area contributed by atoms with E-state index in [9.17, 15) is 19.2 Å². The van der Waals surface area contributed by atoms with Crippen molar-refractivity contribution in [3.8, 4) is 5.75 Å². The van der Waals surface area contributed by atoms with Crippen LogP contribution < -0.4 is 20.5 Å². The third-order valence-corrected chi connectivity index (χ3v) is 4.27. The summed E-state index contributed by atoms with van der Waals surface area (Å²) in [5.74, 6) is -1.55. The second kappa shape index (κ2) is 9.81. The minimum Gasteiger partial charge on any atom is -0.496 e. The van der Waals surface area contributed by atoms with Crippen LogP contribution in [0.25, 0.3) is 0 Å². The molecule has 10 nitrogen and oxygen atoms in total. The maximum Gasteiger partial charge on any atom is 0.424 e. The number of hydrogen-bond acceptors (Lipinski definition) is 6.